The number of carbonyl (C=O) groups is 2. The van der Waals surface area contributed by atoms with Crippen LogP contribution in [-0.4, -0.2) is 22.2 Å². The van der Waals surface area contributed by atoms with Crippen molar-refractivity contribution in [2.75, 3.05) is 5.32 Å². The third kappa shape index (κ3) is 4.90. The van der Waals surface area contributed by atoms with Crippen molar-refractivity contribution in [2.45, 2.75) is 32.4 Å². The van der Waals surface area contributed by atoms with Crippen LogP contribution in [0.15, 0.2) is 41.4 Å². The number of hydrogen-bond acceptors (Lipinski definition) is 4. The number of carbonyl (C=O) groups excluding carboxylic acids is 2. The zero-order valence-electron chi connectivity index (χ0n) is 15.3. The van der Waals surface area contributed by atoms with Crippen LogP contribution in [0.5, 0.6) is 0 Å². The fourth-order valence-electron chi connectivity index (χ4n) is 2.60. The van der Waals surface area contributed by atoms with Crippen LogP contribution in [0.4, 0.5) is 11.4 Å². The first kappa shape index (κ1) is 19.5. The van der Waals surface area contributed by atoms with E-state index in [9.17, 15) is 9.59 Å². The van der Waals surface area contributed by atoms with Crippen molar-refractivity contribution < 1.29 is 9.59 Å². The first-order valence-electron chi connectivity index (χ1n) is 8.51. The summed E-state index contributed by atoms with van der Waals surface area (Å²) in [5.41, 5.74) is 4.67. The molecule has 0 bridgehead atoms. The molecule has 2 aromatic rings. The monoisotopic (exact) mass is 401 g/mol. The normalized spacial score (nSPS) is 17.9. The maximum Gasteiger partial charge on any atom is 0.240 e. The van der Waals surface area contributed by atoms with Gasteiger partial charge in [0.1, 0.15) is 5.25 Å². The van der Waals surface area contributed by atoms with Gasteiger partial charge in [0.05, 0.1) is 5.69 Å². The SMILES string of the molecule is Cc1ccc(N=C2NC(=O)[C@@H](CC(=O)Nc3cc(Cl)ccc3C)S2)cc1C. The molecule has 140 valence electrons. The van der Waals surface area contributed by atoms with Gasteiger partial charge in [-0.15, -0.1) is 0 Å². The van der Waals surface area contributed by atoms with Crippen LogP contribution in [0.25, 0.3) is 0 Å². The van der Waals surface area contributed by atoms with Crippen molar-refractivity contribution in [2.24, 2.45) is 4.99 Å². The van der Waals surface area contributed by atoms with Crippen LogP contribution in [0.1, 0.15) is 23.1 Å². The molecule has 1 atom stereocenters. The number of aryl methyl sites for hydroxylation is 3. The third-order valence-corrected chi connectivity index (χ3v) is 5.66. The quantitative estimate of drug-likeness (QED) is 0.791. The lowest BCUT2D eigenvalue weighted by Crippen LogP contribution is -2.28. The lowest BCUT2D eigenvalue weighted by Gasteiger charge is -2.10. The summed E-state index contributed by atoms with van der Waals surface area (Å²) in [4.78, 5) is 29.0. The highest BCUT2D eigenvalue weighted by Gasteiger charge is 2.32. The van der Waals surface area contributed by atoms with E-state index < -0.39 is 5.25 Å². The summed E-state index contributed by atoms with van der Waals surface area (Å²) >= 11 is 7.25. The summed E-state index contributed by atoms with van der Waals surface area (Å²) in [5, 5.41) is 6.13. The van der Waals surface area contributed by atoms with Gasteiger partial charge < -0.3 is 10.6 Å². The lowest BCUT2D eigenvalue weighted by atomic mass is 10.1. The Balaban J connectivity index is 1.65. The smallest absolute Gasteiger partial charge is 0.240 e. The number of amides is 2. The molecular weight excluding hydrogens is 382 g/mol. The van der Waals surface area contributed by atoms with Crippen molar-refractivity contribution in [1.29, 1.82) is 0 Å². The van der Waals surface area contributed by atoms with E-state index in [-0.39, 0.29) is 18.2 Å². The maximum atomic E-state index is 12.3. The number of nitrogens with zero attached hydrogens (tertiary/aromatic N) is 1. The van der Waals surface area contributed by atoms with Crippen LogP contribution in [0.2, 0.25) is 5.02 Å². The zero-order valence-corrected chi connectivity index (χ0v) is 16.9. The predicted octanol–water partition coefficient (Wildman–Crippen LogP) is 4.51. The molecule has 7 heteroatoms. The molecule has 1 aliphatic heterocycles. The van der Waals surface area contributed by atoms with Gasteiger partial charge in [-0.3, -0.25) is 9.59 Å². The van der Waals surface area contributed by atoms with E-state index in [0.717, 1.165) is 16.8 Å². The number of hydrogen-bond donors (Lipinski definition) is 2. The molecule has 0 spiro atoms. The Kier molecular flexibility index (Phi) is 5.87. The minimum atomic E-state index is -0.505. The van der Waals surface area contributed by atoms with Crippen molar-refractivity contribution in [3.63, 3.8) is 0 Å². The van der Waals surface area contributed by atoms with Gasteiger partial charge in [0.2, 0.25) is 11.8 Å². The van der Waals surface area contributed by atoms with Crippen molar-refractivity contribution in [1.82, 2.24) is 5.32 Å². The highest BCUT2D eigenvalue weighted by atomic mass is 35.5. The Morgan fingerprint density at radius 3 is 2.63 bits per heavy atom. The summed E-state index contributed by atoms with van der Waals surface area (Å²) in [6, 6.07) is 11.2. The van der Waals surface area contributed by atoms with E-state index in [2.05, 4.69) is 15.6 Å². The van der Waals surface area contributed by atoms with Crippen molar-refractivity contribution >= 4 is 51.7 Å². The standard InChI is InChI=1S/C20H20ClN3O2S/c1-11-5-7-15(8-13(11)3)22-20-24-19(26)17(27-20)10-18(25)23-16-9-14(21)6-4-12(16)2/h4-9,17H,10H2,1-3H3,(H,23,25)(H,22,24,26)/t17-/m1/s1. The van der Waals surface area contributed by atoms with Gasteiger partial charge in [-0.2, -0.15) is 0 Å². The number of aliphatic imine (C=N–C) groups is 1. The van der Waals surface area contributed by atoms with Crippen LogP contribution < -0.4 is 10.6 Å². The van der Waals surface area contributed by atoms with Crippen molar-refractivity contribution in [3.05, 3.63) is 58.1 Å². The van der Waals surface area contributed by atoms with E-state index >= 15 is 0 Å². The van der Waals surface area contributed by atoms with E-state index in [0.29, 0.717) is 15.9 Å². The van der Waals surface area contributed by atoms with Gasteiger partial charge in [0.15, 0.2) is 5.17 Å². The molecule has 1 aliphatic rings. The van der Waals surface area contributed by atoms with Gasteiger partial charge in [-0.05, 0) is 61.7 Å². The molecule has 1 fully saturated rings. The molecule has 2 amide bonds. The molecule has 0 aliphatic carbocycles. The molecule has 0 unspecified atom stereocenters. The summed E-state index contributed by atoms with van der Waals surface area (Å²) in [7, 11) is 0. The van der Waals surface area contributed by atoms with Gasteiger partial charge in [-0.1, -0.05) is 35.5 Å². The molecule has 1 saturated heterocycles. The highest BCUT2D eigenvalue weighted by Crippen LogP contribution is 2.27. The molecule has 27 heavy (non-hydrogen) atoms. The number of thioether (sulfide) groups is 1. The first-order chi connectivity index (χ1) is 12.8. The zero-order chi connectivity index (χ0) is 19.6. The number of halogens is 1. The average molecular weight is 402 g/mol. The van der Waals surface area contributed by atoms with Gasteiger partial charge >= 0.3 is 0 Å². The van der Waals surface area contributed by atoms with Crippen LogP contribution in [0, 0.1) is 20.8 Å². The van der Waals surface area contributed by atoms with Crippen molar-refractivity contribution in [3.8, 4) is 0 Å². The van der Waals surface area contributed by atoms with Gasteiger partial charge in [0.25, 0.3) is 0 Å². The Morgan fingerprint density at radius 2 is 1.89 bits per heavy atom. The highest BCUT2D eigenvalue weighted by molar-refractivity contribution is 8.15. The summed E-state index contributed by atoms with van der Waals surface area (Å²) in [5.74, 6) is -0.444. The first-order valence-corrected chi connectivity index (χ1v) is 9.77. The number of benzene rings is 2. The minimum Gasteiger partial charge on any atom is -0.326 e. The number of amidine groups is 1. The van der Waals surface area contributed by atoms with Gasteiger partial charge in [-0.25, -0.2) is 4.99 Å². The summed E-state index contributed by atoms with van der Waals surface area (Å²) in [6.07, 6.45) is 0.0639. The average Bonchev–Trinajstić information content (AvgIpc) is 2.93. The summed E-state index contributed by atoms with van der Waals surface area (Å²) in [6.45, 7) is 5.94. The molecule has 0 radical (unpaired) electrons. The summed E-state index contributed by atoms with van der Waals surface area (Å²) < 4.78 is 0. The minimum absolute atomic E-state index is 0.0639. The van der Waals surface area contributed by atoms with E-state index in [1.165, 1.54) is 17.3 Å². The fourth-order valence-corrected chi connectivity index (χ4v) is 3.76. The van der Waals surface area contributed by atoms with Crippen LogP contribution >= 0.6 is 23.4 Å². The molecule has 5 nitrogen and oxygen atoms in total. The second-order valence-corrected chi connectivity index (χ2v) is 8.12. The second kappa shape index (κ2) is 8.15. The Hall–Kier alpha value is -2.31. The Bertz CT molecular complexity index is 943. The molecule has 3 rings (SSSR count). The Morgan fingerprint density at radius 1 is 1.15 bits per heavy atom. The van der Waals surface area contributed by atoms with Crippen LogP contribution in [-0.2, 0) is 9.59 Å². The van der Waals surface area contributed by atoms with E-state index in [1.54, 1.807) is 12.1 Å². The number of anilines is 1. The fraction of sp³-hybridized carbons (Fsp3) is 0.250. The Labute approximate surface area is 167 Å². The van der Waals surface area contributed by atoms with Gasteiger partial charge in [0, 0.05) is 17.1 Å². The molecule has 1 heterocycles. The number of rotatable bonds is 4. The number of nitrogens with one attached hydrogen (secondary N) is 2. The molecule has 0 aromatic heterocycles. The maximum absolute atomic E-state index is 12.3. The van der Waals surface area contributed by atoms with Crippen LogP contribution in [0.3, 0.4) is 0 Å². The molecule has 2 N–H and O–H groups in total. The second-order valence-electron chi connectivity index (χ2n) is 6.49. The van der Waals surface area contributed by atoms with E-state index in [1.807, 2.05) is 45.0 Å². The molecule has 2 aromatic carbocycles. The lowest BCUT2D eigenvalue weighted by molar-refractivity contribution is -0.122. The molecule has 0 saturated carbocycles. The predicted molar refractivity (Wildman–Crippen MR) is 112 cm³/mol. The topological polar surface area (TPSA) is 70.6 Å². The van der Waals surface area contributed by atoms with E-state index in [4.69, 9.17) is 11.6 Å². The largest absolute Gasteiger partial charge is 0.326 e. The third-order valence-electron chi connectivity index (χ3n) is 4.34. The molecular formula is C20H20ClN3O2S.